The molecular weight excluding hydrogens is 361 g/mol. The Morgan fingerprint density at radius 2 is 1.96 bits per heavy atom. The molecule has 4 N–H and O–H groups in total. The number of aryl methyl sites for hydroxylation is 1. The second-order valence-electron chi connectivity index (χ2n) is 6.42. The molecule has 0 unspecified atom stereocenters. The highest BCUT2D eigenvalue weighted by Crippen LogP contribution is 2.20. The van der Waals surface area contributed by atoms with Crippen molar-refractivity contribution in [1.82, 2.24) is 25.5 Å². The maximum atomic E-state index is 13.2. The first-order valence-corrected chi connectivity index (χ1v) is 8.85. The quantitative estimate of drug-likeness (QED) is 0.386. The van der Waals surface area contributed by atoms with Crippen molar-refractivity contribution in [2.24, 2.45) is 0 Å². The molecule has 2 aromatic carbocycles. The van der Waals surface area contributed by atoms with Crippen LogP contribution in [-0.4, -0.2) is 37.7 Å². The highest BCUT2D eigenvalue weighted by atomic mass is 19.1. The number of phenols is 1. The van der Waals surface area contributed by atoms with Crippen molar-refractivity contribution >= 4 is 16.9 Å². The molecule has 2 aromatic heterocycles. The molecule has 4 aromatic rings. The number of aromatic nitrogens is 4. The Bertz CT molecular complexity index is 1120. The summed E-state index contributed by atoms with van der Waals surface area (Å²) >= 11 is 0. The van der Waals surface area contributed by atoms with Crippen LogP contribution >= 0.6 is 0 Å². The first kappa shape index (κ1) is 17.7. The predicted molar refractivity (Wildman–Crippen MR) is 102 cm³/mol. The summed E-state index contributed by atoms with van der Waals surface area (Å²) in [6.45, 7) is 0.470. The van der Waals surface area contributed by atoms with Crippen LogP contribution in [0.25, 0.3) is 22.3 Å². The van der Waals surface area contributed by atoms with Gasteiger partial charge in [0, 0.05) is 18.5 Å². The molecule has 28 heavy (non-hydrogen) atoms. The van der Waals surface area contributed by atoms with Gasteiger partial charge in [0.2, 0.25) is 0 Å². The van der Waals surface area contributed by atoms with Gasteiger partial charge in [-0.25, -0.2) is 9.37 Å². The number of aromatic amines is 2. The Labute approximate surface area is 159 Å². The number of imidazole rings is 1. The Morgan fingerprint density at radius 1 is 1.14 bits per heavy atom. The Hall–Kier alpha value is -3.68. The van der Waals surface area contributed by atoms with Gasteiger partial charge in [-0.05, 0) is 55.0 Å². The highest BCUT2D eigenvalue weighted by Gasteiger charge is 2.11. The van der Waals surface area contributed by atoms with Crippen molar-refractivity contribution in [3.8, 4) is 17.0 Å². The van der Waals surface area contributed by atoms with Gasteiger partial charge in [0.25, 0.3) is 5.91 Å². The van der Waals surface area contributed by atoms with Gasteiger partial charge in [0.15, 0.2) is 0 Å². The van der Waals surface area contributed by atoms with Gasteiger partial charge < -0.3 is 15.4 Å². The molecule has 0 bridgehead atoms. The number of phenolic OH excluding ortho intramolecular Hbond substituents is 1. The van der Waals surface area contributed by atoms with Crippen LogP contribution in [-0.2, 0) is 6.42 Å². The molecule has 0 saturated carbocycles. The largest absolute Gasteiger partial charge is 0.508 e. The van der Waals surface area contributed by atoms with Crippen LogP contribution in [0.2, 0.25) is 0 Å². The molecule has 0 spiro atoms. The lowest BCUT2D eigenvalue weighted by molar-refractivity contribution is 0.0948. The van der Waals surface area contributed by atoms with E-state index in [2.05, 4.69) is 25.5 Å². The summed E-state index contributed by atoms with van der Waals surface area (Å²) < 4.78 is 13.2. The van der Waals surface area contributed by atoms with E-state index in [-0.39, 0.29) is 17.5 Å². The topological polar surface area (TPSA) is 107 Å². The van der Waals surface area contributed by atoms with E-state index in [9.17, 15) is 14.3 Å². The zero-order valence-electron chi connectivity index (χ0n) is 14.9. The zero-order valence-corrected chi connectivity index (χ0v) is 14.9. The number of nitrogens with zero attached hydrogens (tertiary/aromatic N) is 2. The third kappa shape index (κ3) is 3.85. The summed E-state index contributed by atoms with van der Waals surface area (Å²) in [7, 11) is 0. The molecule has 4 rings (SSSR count). The lowest BCUT2D eigenvalue weighted by atomic mass is 10.1. The maximum Gasteiger partial charge on any atom is 0.269 e. The highest BCUT2D eigenvalue weighted by molar-refractivity contribution is 5.93. The number of amides is 1. The normalized spacial score (nSPS) is 11.0. The molecule has 0 atom stereocenters. The van der Waals surface area contributed by atoms with Gasteiger partial charge >= 0.3 is 0 Å². The number of H-pyrrole nitrogens is 2. The number of carbonyl (C=O) groups excluding carboxylic acids is 1. The predicted octanol–water partition coefficient (Wildman–Crippen LogP) is 3.16. The van der Waals surface area contributed by atoms with Crippen LogP contribution in [0.3, 0.4) is 0 Å². The second kappa shape index (κ2) is 7.51. The van der Waals surface area contributed by atoms with Gasteiger partial charge in [-0.2, -0.15) is 5.10 Å². The van der Waals surface area contributed by atoms with Gasteiger partial charge in [0.05, 0.1) is 16.7 Å². The number of fused-ring (bicyclic) bond motifs is 1. The van der Waals surface area contributed by atoms with Crippen LogP contribution in [0.5, 0.6) is 5.75 Å². The number of nitrogens with one attached hydrogen (secondary N) is 3. The molecule has 7 nitrogen and oxygen atoms in total. The fraction of sp³-hybridized carbons (Fsp3) is 0.150. The van der Waals surface area contributed by atoms with E-state index in [0.29, 0.717) is 36.3 Å². The molecule has 1 amide bonds. The van der Waals surface area contributed by atoms with Crippen molar-refractivity contribution in [2.45, 2.75) is 12.8 Å². The minimum atomic E-state index is -0.304. The molecule has 8 heteroatoms. The van der Waals surface area contributed by atoms with Gasteiger partial charge in [0.1, 0.15) is 23.1 Å². The van der Waals surface area contributed by atoms with E-state index >= 15 is 0 Å². The zero-order chi connectivity index (χ0) is 19.5. The van der Waals surface area contributed by atoms with Crippen molar-refractivity contribution in [1.29, 1.82) is 0 Å². The summed E-state index contributed by atoms with van der Waals surface area (Å²) in [5, 5.41) is 19.0. The van der Waals surface area contributed by atoms with E-state index < -0.39 is 0 Å². The molecular formula is C20H18FN5O2. The van der Waals surface area contributed by atoms with Crippen LogP contribution < -0.4 is 5.32 Å². The smallest absolute Gasteiger partial charge is 0.269 e. The number of rotatable bonds is 6. The van der Waals surface area contributed by atoms with E-state index in [1.54, 1.807) is 36.4 Å². The van der Waals surface area contributed by atoms with Gasteiger partial charge in [-0.3, -0.25) is 9.89 Å². The average Bonchev–Trinajstić information content (AvgIpc) is 3.32. The van der Waals surface area contributed by atoms with Crippen LogP contribution in [0.4, 0.5) is 4.39 Å². The minimum Gasteiger partial charge on any atom is -0.508 e. The molecule has 0 aliphatic heterocycles. The van der Waals surface area contributed by atoms with E-state index in [4.69, 9.17) is 0 Å². The molecule has 0 radical (unpaired) electrons. The Balaban J connectivity index is 1.30. The summed E-state index contributed by atoms with van der Waals surface area (Å²) in [6, 6.07) is 12.7. The number of hydrogen-bond donors (Lipinski definition) is 4. The van der Waals surface area contributed by atoms with Gasteiger partial charge in [-0.1, -0.05) is 0 Å². The number of carbonyl (C=O) groups is 1. The third-order valence-electron chi connectivity index (χ3n) is 4.35. The Morgan fingerprint density at radius 3 is 2.79 bits per heavy atom. The number of benzene rings is 2. The van der Waals surface area contributed by atoms with E-state index in [1.807, 2.05) is 0 Å². The first-order chi connectivity index (χ1) is 13.6. The second-order valence-corrected chi connectivity index (χ2v) is 6.42. The number of aromatic hydroxyl groups is 1. The lowest BCUT2D eigenvalue weighted by Gasteiger charge is -2.02. The molecule has 0 aliphatic rings. The maximum absolute atomic E-state index is 13.2. The molecule has 0 aliphatic carbocycles. The number of halogens is 1. The monoisotopic (exact) mass is 379 g/mol. The van der Waals surface area contributed by atoms with Crippen molar-refractivity contribution in [3.63, 3.8) is 0 Å². The molecule has 0 saturated heterocycles. The van der Waals surface area contributed by atoms with Gasteiger partial charge in [-0.15, -0.1) is 0 Å². The van der Waals surface area contributed by atoms with Crippen LogP contribution in [0.15, 0.2) is 48.5 Å². The van der Waals surface area contributed by atoms with Crippen molar-refractivity contribution in [2.75, 3.05) is 6.54 Å². The summed E-state index contributed by atoms with van der Waals surface area (Å²) in [6.07, 6.45) is 1.32. The Kier molecular flexibility index (Phi) is 4.76. The summed E-state index contributed by atoms with van der Waals surface area (Å²) in [5.41, 5.74) is 3.18. The molecule has 142 valence electrons. The molecule has 2 heterocycles. The van der Waals surface area contributed by atoms with E-state index in [1.165, 1.54) is 12.1 Å². The summed E-state index contributed by atoms with van der Waals surface area (Å²) in [4.78, 5) is 19.7. The van der Waals surface area contributed by atoms with E-state index in [0.717, 1.165) is 16.9 Å². The number of hydrogen-bond acceptors (Lipinski definition) is 4. The third-order valence-corrected chi connectivity index (χ3v) is 4.35. The summed E-state index contributed by atoms with van der Waals surface area (Å²) in [5.74, 6) is 0.378. The lowest BCUT2D eigenvalue weighted by Crippen LogP contribution is -2.25. The SMILES string of the molecule is O=C(NCCCc1nc2ccc(F)cc2[nH]1)c1cc(-c2ccc(O)cc2)n[nH]1. The van der Waals surface area contributed by atoms with Crippen molar-refractivity contribution < 1.29 is 14.3 Å². The minimum absolute atomic E-state index is 0.173. The first-order valence-electron chi connectivity index (χ1n) is 8.85. The van der Waals surface area contributed by atoms with Crippen molar-refractivity contribution in [3.05, 3.63) is 65.9 Å². The standard InChI is InChI=1S/C20H18FN5O2/c21-13-5-8-15-17(10-13)24-19(23-15)2-1-9-22-20(28)18-11-16(25-26-18)12-3-6-14(27)7-4-12/h3-8,10-11,27H,1-2,9H2,(H,22,28)(H,23,24)(H,25,26). The van der Waals surface area contributed by atoms with Crippen LogP contribution in [0, 0.1) is 5.82 Å². The van der Waals surface area contributed by atoms with Crippen LogP contribution in [0.1, 0.15) is 22.7 Å². The fourth-order valence-corrected chi connectivity index (χ4v) is 2.92. The fourth-order valence-electron chi connectivity index (χ4n) is 2.92. The average molecular weight is 379 g/mol. The molecule has 0 fully saturated rings.